The predicted molar refractivity (Wildman–Crippen MR) is 119 cm³/mol. The Morgan fingerprint density at radius 2 is 2.07 bits per heavy atom. The second kappa shape index (κ2) is 8.24. The van der Waals surface area contributed by atoms with E-state index in [0.717, 1.165) is 23.6 Å². The van der Waals surface area contributed by atoms with Crippen molar-refractivity contribution in [2.75, 3.05) is 6.54 Å². The van der Waals surface area contributed by atoms with Crippen LogP contribution in [-0.2, 0) is 0 Å². The van der Waals surface area contributed by atoms with Gasteiger partial charge in [-0.3, -0.25) is 4.98 Å². The van der Waals surface area contributed by atoms with E-state index in [4.69, 9.17) is 16.6 Å². The van der Waals surface area contributed by atoms with Crippen molar-refractivity contribution in [3.05, 3.63) is 76.5 Å². The Kier molecular flexibility index (Phi) is 5.69. The summed E-state index contributed by atoms with van der Waals surface area (Å²) in [4.78, 5) is 6.70. The van der Waals surface area contributed by atoms with Gasteiger partial charge in [0.1, 0.15) is 23.4 Å². The number of halogens is 2. The van der Waals surface area contributed by atoms with Gasteiger partial charge in [-0.05, 0) is 76.5 Å². The summed E-state index contributed by atoms with van der Waals surface area (Å²) in [5.41, 5.74) is 1.71. The first-order valence-electron chi connectivity index (χ1n) is 9.47. The van der Waals surface area contributed by atoms with Crippen LogP contribution in [0.5, 0.6) is 0 Å². The third-order valence-corrected chi connectivity index (χ3v) is 5.88. The molecule has 1 aromatic carbocycles. The summed E-state index contributed by atoms with van der Waals surface area (Å²) in [6, 6.07) is 14.1. The molecule has 1 N–H and O–H groups in total. The quantitative estimate of drug-likeness (QED) is 0.469. The van der Waals surface area contributed by atoms with Crippen LogP contribution in [0.25, 0.3) is 11.3 Å². The molecule has 0 saturated carbocycles. The van der Waals surface area contributed by atoms with Crippen LogP contribution < -0.4 is 5.32 Å². The lowest BCUT2D eigenvalue weighted by Crippen LogP contribution is -2.32. The SMILES string of the molecule is CC(C)CN1C(=S)N[C@@H](c2ccccn2)[C@H]1c1ccc(-c2ccc(F)cc2Br)o1. The van der Waals surface area contributed by atoms with Gasteiger partial charge in [-0.1, -0.05) is 19.9 Å². The van der Waals surface area contributed by atoms with Crippen LogP contribution in [0.1, 0.15) is 37.4 Å². The Bertz CT molecular complexity index is 1020. The topological polar surface area (TPSA) is 41.3 Å². The molecule has 0 amide bonds. The fourth-order valence-electron chi connectivity index (χ4n) is 3.65. The summed E-state index contributed by atoms with van der Waals surface area (Å²) in [6.45, 7) is 5.13. The fourth-order valence-corrected chi connectivity index (χ4v) is 4.51. The van der Waals surface area contributed by atoms with Crippen molar-refractivity contribution in [2.24, 2.45) is 5.92 Å². The minimum atomic E-state index is -0.295. The first-order valence-corrected chi connectivity index (χ1v) is 10.7. The van der Waals surface area contributed by atoms with E-state index in [0.29, 0.717) is 21.3 Å². The zero-order valence-corrected chi connectivity index (χ0v) is 18.5. The molecule has 3 heterocycles. The van der Waals surface area contributed by atoms with Gasteiger partial charge >= 0.3 is 0 Å². The number of pyridine rings is 1. The van der Waals surface area contributed by atoms with Crippen molar-refractivity contribution >= 4 is 33.3 Å². The van der Waals surface area contributed by atoms with Crippen LogP contribution >= 0.6 is 28.1 Å². The lowest BCUT2D eigenvalue weighted by atomic mass is 10.0. The molecule has 0 aliphatic carbocycles. The van der Waals surface area contributed by atoms with E-state index in [1.54, 1.807) is 12.3 Å². The Balaban J connectivity index is 1.74. The molecule has 2 aromatic heterocycles. The molecule has 1 saturated heterocycles. The summed E-state index contributed by atoms with van der Waals surface area (Å²) >= 11 is 9.07. The number of benzene rings is 1. The van der Waals surface area contributed by atoms with Crippen LogP contribution in [0, 0.1) is 11.7 Å². The first-order chi connectivity index (χ1) is 13.9. The average Bonchev–Trinajstić information content (AvgIpc) is 3.27. The Hall–Kier alpha value is -2.25. The van der Waals surface area contributed by atoms with Crippen LogP contribution in [0.3, 0.4) is 0 Å². The second-order valence-electron chi connectivity index (χ2n) is 7.50. The highest BCUT2D eigenvalue weighted by molar-refractivity contribution is 9.10. The van der Waals surface area contributed by atoms with Crippen molar-refractivity contribution in [1.82, 2.24) is 15.2 Å². The van der Waals surface area contributed by atoms with E-state index < -0.39 is 0 Å². The van der Waals surface area contributed by atoms with E-state index in [-0.39, 0.29) is 17.9 Å². The van der Waals surface area contributed by atoms with E-state index in [9.17, 15) is 4.39 Å². The number of aromatic nitrogens is 1. The molecule has 150 valence electrons. The zero-order valence-electron chi connectivity index (χ0n) is 16.1. The molecule has 1 aliphatic rings. The third kappa shape index (κ3) is 4.07. The largest absolute Gasteiger partial charge is 0.459 e. The second-order valence-corrected chi connectivity index (χ2v) is 8.74. The number of thiocarbonyl (C=S) groups is 1. The Morgan fingerprint density at radius 1 is 1.24 bits per heavy atom. The molecule has 0 unspecified atom stereocenters. The van der Waals surface area contributed by atoms with Gasteiger partial charge < -0.3 is 14.6 Å². The molecule has 0 spiro atoms. The molecule has 1 aliphatic heterocycles. The van der Waals surface area contributed by atoms with Gasteiger partial charge in [-0.15, -0.1) is 0 Å². The number of nitrogens with zero attached hydrogens (tertiary/aromatic N) is 2. The standard InChI is InChI=1S/C22H21BrFN3OS/c1-13(2)12-27-21(20(26-22(27)29)17-5-3-4-10-25-17)19-9-8-18(28-19)15-7-6-14(24)11-16(15)23/h3-11,13,20-21H,12H2,1-2H3,(H,26,29)/t20-,21+/m0/s1. The van der Waals surface area contributed by atoms with Gasteiger partial charge in [0.25, 0.3) is 0 Å². The van der Waals surface area contributed by atoms with Crippen LogP contribution in [0.4, 0.5) is 4.39 Å². The molecule has 0 radical (unpaired) electrons. The molecule has 0 bridgehead atoms. The molecule has 4 rings (SSSR count). The zero-order chi connectivity index (χ0) is 20.5. The van der Waals surface area contributed by atoms with Crippen LogP contribution in [-0.4, -0.2) is 21.5 Å². The number of furan rings is 1. The molecule has 3 aromatic rings. The number of rotatable bonds is 5. The predicted octanol–water partition coefficient (Wildman–Crippen LogP) is 5.87. The van der Waals surface area contributed by atoms with Crippen molar-refractivity contribution < 1.29 is 8.81 Å². The summed E-state index contributed by atoms with van der Waals surface area (Å²) in [7, 11) is 0. The molecule has 7 heteroatoms. The lowest BCUT2D eigenvalue weighted by molar-refractivity contribution is 0.253. The maximum Gasteiger partial charge on any atom is 0.170 e. The highest BCUT2D eigenvalue weighted by Gasteiger charge is 2.41. The highest BCUT2D eigenvalue weighted by atomic mass is 79.9. The number of hydrogen-bond donors (Lipinski definition) is 1. The molecule has 2 atom stereocenters. The average molecular weight is 474 g/mol. The van der Waals surface area contributed by atoms with E-state index in [2.05, 4.69) is 45.0 Å². The van der Waals surface area contributed by atoms with Gasteiger partial charge in [0, 0.05) is 22.8 Å². The number of nitrogens with one attached hydrogen (secondary N) is 1. The molecule has 29 heavy (non-hydrogen) atoms. The van der Waals surface area contributed by atoms with E-state index in [1.165, 1.54) is 12.1 Å². The van der Waals surface area contributed by atoms with Crippen LogP contribution in [0.15, 0.2) is 63.6 Å². The van der Waals surface area contributed by atoms with Crippen LogP contribution in [0.2, 0.25) is 0 Å². The van der Waals surface area contributed by atoms with Crippen molar-refractivity contribution in [1.29, 1.82) is 0 Å². The molecular formula is C22H21BrFN3OS. The summed E-state index contributed by atoms with van der Waals surface area (Å²) < 4.78 is 20.4. The minimum Gasteiger partial charge on any atom is -0.459 e. The Labute approximate surface area is 183 Å². The number of hydrogen-bond acceptors (Lipinski definition) is 3. The fraction of sp³-hybridized carbons (Fsp3) is 0.273. The highest BCUT2D eigenvalue weighted by Crippen LogP contribution is 2.41. The molecule has 4 nitrogen and oxygen atoms in total. The van der Waals surface area contributed by atoms with Crippen molar-refractivity contribution in [3.8, 4) is 11.3 Å². The maximum atomic E-state index is 13.5. The normalized spacial score (nSPS) is 19.1. The van der Waals surface area contributed by atoms with Gasteiger partial charge in [0.15, 0.2) is 5.11 Å². The first kappa shape index (κ1) is 20.0. The summed E-state index contributed by atoms with van der Waals surface area (Å²) in [5.74, 6) is 1.60. The molecular weight excluding hydrogens is 453 g/mol. The summed E-state index contributed by atoms with van der Waals surface area (Å²) in [5, 5.41) is 4.11. The maximum absolute atomic E-state index is 13.5. The summed E-state index contributed by atoms with van der Waals surface area (Å²) in [6.07, 6.45) is 1.78. The van der Waals surface area contributed by atoms with Crippen molar-refractivity contribution in [2.45, 2.75) is 25.9 Å². The van der Waals surface area contributed by atoms with Gasteiger partial charge in [0.05, 0.1) is 11.7 Å². The molecule has 1 fully saturated rings. The minimum absolute atomic E-state index is 0.113. The van der Waals surface area contributed by atoms with Crippen molar-refractivity contribution in [3.63, 3.8) is 0 Å². The monoisotopic (exact) mass is 473 g/mol. The van der Waals surface area contributed by atoms with E-state index in [1.807, 2.05) is 30.3 Å². The van der Waals surface area contributed by atoms with Gasteiger partial charge in [0.2, 0.25) is 0 Å². The lowest BCUT2D eigenvalue weighted by Gasteiger charge is -2.27. The third-order valence-electron chi connectivity index (χ3n) is 4.87. The van der Waals surface area contributed by atoms with E-state index >= 15 is 0 Å². The Morgan fingerprint density at radius 3 is 2.76 bits per heavy atom. The van der Waals surface area contributed by atoms with Gasteiger partial charge in [-0.2, -0.15) is 0 Å². The van der Waals surface area contributed by atoms with Gasteiger partial charge in [-0.25, -0.2) is 4.39 Å². The smallest absolute Gasteiger partial charge is 0.170 e.